The molecule has 0 unspecified atom stereocenters. The van der Waals surface area contributed by atoms with Gasteiger partial charge in [-0.3, -0.25) is 4.90 Å². The number of rotatable bonds is 6. The normalized spacial score (nSPS) is 17.8. The number of hydrogen-bond acceptors (Lipinski definition) is 1. The van der Waals surface area contributed by atoms with Crippen LogP contribution in [0.15, 0.2) is 72.8 Å². The number of nitrogens with zero attached hydrogens (tertiary/aromatic N) is 1. The zero-order valence-electron chi connectivity index (χ0n) is 22.0. The summed E-state index contributed by atoms with van der Waals surface area (Å²) < 4.78 is 0. The maximum atomic E-state index is 2.97. The van der Waals surface area contributed by atoms with Crippen molar-refractivity contribution in [2.45, 2.75) is 96.2 Å². The number of benzene rings is 4. The summed E-state index contributed by atoms with van der Waals surface area (Å²) in [6.07, 6.45) is 15.0. The highest BCUT2D eigenvalue weighted by Crippen LogP contribution is 2.41. The molecule has 0 bridgehead atoms. The number of fused-ring (bicyclic) bond motifs is 2. The highest BCUT2D eigenvalue weighted by molar-refractivity contribution is 6.07. The van der Waals surface area contributed by atoms with E-state index in [1.54, 1.807) is 0 Å². The van der Waals surface area contributed by atoms with Gasteiger partial charge in [-0.25, -0.2) is 0 Å². The van der Waals surface area contributed by atoms with E-state index in [2.05, 4.69) is 84.6 Å². The molecule has 4 aromatic carbocycles. The molecule has 2 saturated carbocycles. The van der Waals surface area contributed by atoms with Crippen molar-refractivity contribution in [2.75, 3.05) is 0 Å². The Morgan fingerprint density at radius 1 is 0.556 bits per heavy atom. The van der Waals surface area contributed by atoms with Gasteiger partial charge in [0.05, 0.1) is 0 Å². The van der Waals surface area contributed by atoms with Gasteiger partial charge >= 0.3 is 0 Å². The average Bonchev–Trinajstić information content (AvgIpc) is 2.96. The molecule has 36 heavy (non-hydrogen) atoms. The fourth-order valence-corrected chi connectivity index (χ4v) is 7.23. The van der Waals surface area contributed by atoms with Crippen molar-refractivity contribution in [3.05, 3.63) is 83.9 Å². The van der Waals surface area contributed by atoms with Crippen LogP contribution in [0, 0.1) is 0 Å². The quantitative estimate of drug-likeness (QED) is 0.268. The minimum Gasteiger partial charge on any atom is -0.293 e. The summed E-state index contributed by atoms with van der Waals surface area (Å²) in [5, 5.41) is 5.51. The van der Waals surface area contributed by atoms with Crippen molar-refractivity contribution in [2.24, 2.45) is 0 Å². The van der Waals surface area contributed by atoms with E-state index in [1.165, 1.54) is 108 Å². The Kier molecular flexibility index (Phi) is 7.10. The van der Waals surface area contributed by atoms with Gasteiger partial charge in [0.15, 0.2) is 0 Å². The first-order chi connectivity index (χ1) is 17.8. The zero-order chi connectivity index (χ0) is 24.3. The van der Waals surface area contributed by atoms with Gasteiger partial charge < -0.3 is 0 Å². The van der Waals surface area contributed by atoms with Gasteiger partial charge in [0.2, 0.25) is 0 Å². The lowest BCUT2D eigenvalue weighted by Gasteiger charge is -2.42. The van der Waals surface area contributed by atoms with Crippen LogP contribution in [-0.4, -0.2) is 17.0 Å². The highest BCUT2D eigenvalue weighted by Gasteiger charge is 2.30. The summed E-state index contributed by atoms with van der Waals surface area (Å²) in [7, 11) is 0. The van der Waals surface area contributed by atoms with Crippen LogP contribution in [0.5, 0.6) is 0 Å². The Labute approximate surface area is 217 Å². The Bertz CT molecular complexity index is 1310. The van der Waals surface area contributed by atoms with Crippen molar-refractivity contribution in [3.63, 3.8) is 0 Å². The Morgan fingerprint density at radius 2 is 1.03 bits per heavy atom. The van der Waals surface area contributed by atoms with Crippen molar-refractivity contribution in [1.82, 2.24) is 4.90 Å². The zero-order valence-corrected chi connectivity index (χ0v) is 22.0. The predicted molar refractivity (Wildman–Crippen MR) is 156 cm³/mol. The molecule has 186 valence electrons. The third-order valence-electron chi connectivity index (χ3n) is 9.10. The van der Waals surface area contributed by atoms with E-state index >= 15 is 0 Å². The average molecular weight is 476 g/mol. The third kappa shape index (κ3) is 4.59. The van der Waals surface area contributed by atoms with Crippen molar-refractivity contribution in [1.29, 1.82) is 0 Å². The van der Waals surface area contributed by atoms with Crippen LogP contribution in [0.25, 0.3) is 32.7 Å². The summed E-state index contributed by atoms with van der Waals surface area (Å²) >= 11 is 0. The second-order valence-electron chi connectivity index (χ2n) is 11.3. The Balaban J connectivity index is 1.54. The first-order valence-electron chi connectivity index (χ1n) is 14.6. The van der Waals surface area contributed by atoms with E-state index in [4.69, 9.17) is 0 Å². The maximum Gasteiger partial charge on any atom is 0.0246 e. The van der Waals surface area contributed by atoms with Gasteiger partial charge in [-0.1, -0.05) is 118 Å². The second-order valence-corrected chi connectivity index (χ2v) is 11.3. The lowest BCUT2D eigenvalue weighted by atomic mass is 9.84. The first kappa shape index (κ1) is 23.7. The molecule has 1 nitrogen and oxygen atoms in total. The van der Waals surface area contributed by atoms with E-state index in [0.29, 0.717) is 0 Å². The van der Waals surface area contributed by atoms with Gasteiger partial charge in [0.1, 0.15) is 0 Å². The molecule has 2 fully saturated rings. The van der Waals surface area contributed by atoms with E-state index in [9.17, 15) is 0 Å². The van der Waals surface area contributed by atoms with E-state index in [0.717, 1.165) is 25.0 Å². The number of aryl methyl sites for hydroxylation is 1. The van der Waals surface area contributed by atoms with Gasteiger partial charge in [-0.2, -0.15) is 0 Å². The fourth-order valence-electron chi connectivity index (χ4n) is 7.23. The first-order valence-corrected chi connectivity index (χ1v) is 14.6. The molecule has 0 radical (unpaired) electrons. The molecule has 2 aliphatic carbocycles. The molecule has 0 aliphatic heterocycles. The fraction of sp³-hybridized carbons (Fsp3) is 0.429. The summed E-state index contributed by atoms with van der Waals surface area (Å²) in [5.74, 6) is 0. The van der Waals surface area contributed by atoms with E-state index in [-0.39, 0.29) is 0 Å². The summed E-state index contributed by atoms with van der Waals surface area (Å²) in [5.41, 5.74) is 5.94. The molecule has 0 heterocycles. The smallest absolute Gasteiger partial charge is 0.0246 e. The summed E-state index contributed by atoms with van der Waals surface area (Å²) in [6, 6.07) is 29.1. The van der Waals surface area contributed by atoms with Crippen molar-refractivity contribution in [3.8, 4) is 11.1 Å². The van der Waals surface area contributed by atoms with Crippen LogP contribution in [0.3, 0.4) is 0 Å². The van der Waals surface area contributed by atoms with Crippen molar-refractivity contribution < 1.29 is 0 Å². The monoisotopic (exact) mass is 475 g/mol. The molecule has 6 rings (SSSR count). The van der Waals surface area contributed by atoms with Gasteiger partial charge in [-0.05, 0) is 75.9 Å². The molecule has 0 N–H and O–H groups in total. The van der Waals surface area contributed by atoms with Crippen LogP contribution in [0.4, 0.5) is 0 Å². The molecular formula is C35H41N. The molecule has 0 amide bonds. The van der Waals surface area contributed by atoms with E-state index in [1.807, 2.05) is 0 Å². The molecule has 1 heteroatoms. The van der Waals surface area contributed by atoms with E-state index < -0.39 is 0 Å². The lowest BCUT2D eigenvalue weighted by molar-refractivity contribution is 0.0733. The minimum absolute atomic E-state index is 0.749. The van der Waals surface area contributed by atoms with Gasteiger partial charge in [-0.15, -0.1) is 0 Å². The largest absolute Gasteiger partial charge is 0.293 e. The topological polar surface area (TPSA) is 3.24 Å². The lowest BCUT2D eigenvalue weighted by Crippen LogP contribution is -2.44. The molecular weight excluding hydrogens is 434 g/mol. The van der Waals surface area contributed by atoms with Gasteiger partial charge in [0.25, 0.3) is 0 Å². The van der Waals surface area contributed by atoms with Crippen LogP contribution in [0.1, 0.15) is 82.3 Å². The molecule has 0 aromatic heterocycles. The number of hydrogen-bond donors (Lipinski definition) is 0. The van der Waals surface area contributed by atoms with Crippen LogP contribution >= 0.6 is 0 Å². The third-order valence-corrected chi connectivity index (χ3v) is 9.10. The molecule has 4 aromatic rings. The van der Waals surface area contributed by atoms with Crippen LogP contribution in [0.2, 0.25) is 0 Å². The maximum absolute atomic E-state index is 2.97. The molecule has 0 spiro atoms. The van der Waals surface area contributed by atoms with Crippen LogP contribution < -0.4 is 0 Å². The van der Waals surface area contributed by atoms with Gasteiger partial charge in [0, 0.05) is 18.6 Å². The van der Waals surface area contributed by atoms with Crippen molar-refractivity contribution >= 4 is 21.5 Å². The molecule has 2 aliphatic rings. The highest BCUT2D eigenvalue weighted by atomic mass is 15.2. The molecule has 0 atom stereocenters. The minimum atomic E-state index is 0.749. The molecule has 0 saturated heterocycles. The second kappa shape index (κ2) is 10.8. The Morgan fingerprint density at radius 3 is 1.56 bits per heavy atom. The SMILES string of the molecule is CCc1ccc2ccccc2c1-c1c(CN(C2CCCCC2)C2CCCCC2)ccc2ccccc12. The summed E-state index contributed by atoms with van der Waals surface area (Å²) in [4.78, 5) is 2.97. The summed E-state index contributed by atoms with van der Waals surface area (Å²) in [6.45, 7) is 3.40. The predicted octanol–water partition coefficient (Wildman–Crippen LogP) is 9.69. The standard InChI is InChI=1S/C35H41N/c1-2-26-21-22-27-13-9-11-19-32(27)34(26)35-29(24-23-28-14-10-12-20-33(28)35)25-36(30-15-5-3-6-16-30)31-17-7-4-8-18-31/h9-14,19-24,30-31H,2-8,15-18,25H2,1H3. The Hall–Kier alpha value is -2.64. The van der Waals surface area contributed by atoms with Crippen LogP contribution in [-0.2, 0) is 13.0 Å².